The van der Waals surface area contributed by atoms with E-state index in [1.807, 2.05) is 12.1 Å². The van der Waals surface area contributed by atoms with Crippen LogP contribution in [-0.4, -0.2) is 81.1 Å². The molecule has 0 radical (unpaired) electrons. The third-order valence-electron chi connectivity index (χ3n) is 8.05. The van der Waals surface area contributed by atoms with E-state index in [2.05, 4.69) is 15.6 Å². The Morgan fingerprint density at radius 2 is 1.92 bits per heavy atom. The van der Waals surface area contributed by atoms with Gasteiger partial charge in [-0.05, 0) is 57.2 Å². The summed E-state index contributed by atoms with van der Waals surface area (Å²) in [5.74, 6) is -0.608. The summed E-state index contributed by atoms with van der Waals surface area (Å²) in [6.45, 7) is 4.31. The van der Waals surface area contributed by atoms with Gasteiger partial charge in [0.05, 0.1) is 21.8 Å². The molecule has 12 heteroatoms. The number of amides is 2. The van der Waals surface area contributed by atoms with E-state index in [4.69, 9.17) is 11.6 Å². The van der Waals surface area contributed by atoms with Crippen molar-refractivity contribution in [2.75, 3.05) is 19.6 Å². The summed E-state index contributed by atoms with van der Waals surface area (Å²) in [6, 6.07) is 7.48. The Bertz CT molecular complexity index is 1330. The summed E-state index contributed by atoms with van der Waals surface area (Å²) >= 11 is 5.91. The molecule has 2 heterocycles. The van der Waals surface area contributed by atoms with Gasteiger partial charge in [-0.1, -0.05) is 23.7 Å². The molecule has 1 aromatic carbocycles. The lowest BCUT2D eigenvalue weighted by Gasteiger charge is -2.37. The largest absolute Gasteiger partial charge is 0.390 e. The first-order valence-electron chi connectivity index (χ1n) is 13.0. The van der Waals surface area contributed by atoms with Crippen molar-refractivity contribution in [3.63, 3.8) is 0 Å². The Kier molecular flexibility index (Phi) is 7.08. The SMILES string of the molecule is CC(C)(C(O)CNC1CC1)S(=O)(=O)C1(CN2CCn3c(cnc3C(=O)NCc3ccc(Cl)cc3)C2=O)CC1. The van der Waals surface area contributed by atoms with Crippen molar-refractivity contribution in [2.45, 2.75) is 74.3 Å². The highest BCUT2D eigenvalue weighted by Gasteiger charge is 2.62. The summed E-state index contributed by atoms with van der Waals surface area (Å²) in [5.41, 5.74) is 1.14. The van der Waals surface area contributed by atoms with Crippen LogP contribution in [0.25, 0.3) is 0 Å². The second kappa shape index (κ2) is 9.93. The van der Waals surface area contributed by atoms with Gasteiger partial charge in [0.15, 0.2) is 15.7 Å². The molecular formula is C26H34ClN5O5S. The van der Waals surface area contributed by atoms with Crippen molar-refractivity contribution in [3.8, 4) is 0 Å². The van der Waals surface area contributed by atoms with Gasteiger partial charge in [0.2, 0.25) is 0 Å². The normalized spacial score (nSPS) is 19.7. The quantitative estimate of drug-likeness (QED) is 0.379. The number of nitrogens with one attached hydrogen (secondary N) is 2. The van der Waals surface area contributed by atoms with Gasteiger partial charge in [0.25, 0.3) is 11.8 Å². The van der Waals surface area contributed by atoms with Gasteiger partial charge in [-0.25, -0.2) is 13.4 Å². The fourth-order valence-corrected chi connectivity index (χ4v) is 7.65. The first-order chi connectivity index (χ1) is 17.9. The number of nitrogens with zero attached hydrogens (tertiary/aromatic N) is 3. The summed E-state index contributed by atoms with van der Waals surface area (Å²) in [7, 11) is -3.78. The molecule has 2 aliphatic carbocycles. The third kappa shape index (κ3) is 4.97. The molecule has 2 amide bonds. The molecule has 2 saturated carbocycles. The molecular weight excluding hydrogens is 530 g/mol. The van der Waals surface area contributed by atoms with Crippen LogP contribution in [0.2, 0.25) is 5.02 Å². The number of rotatable bonds is 11. The Balaban J connectivity index is 1.25. The number of benzene rings is 1. The second-order valence-corrected chi connectivity index (χ2v) is 14.5. The number of sulfone groups is 1. The highest BCUT2D eigenvalue weighted by molar-refractivity contribution is 7.94. The van der Waals surface area contributed by atoms with E-state index in [-0.39, 0.29) is 43.6 Å². The van der Waals surface area contributed by atoms with Crippen LogP contribution in [0.15, 0.2) is 30.5 Å². The molecule has 1 unspecified atom stereocenters. The van der Waals surface area contributed by atoms with Crippen LogP contribution >= 0.6 is 11.6 Å². The molecule has 1 atom stereocenters. The number of hydrogen-bond donors (Lipinski definition) is 3. The van der Waals surface area contributed by atoms with Gasteiger partial charge in [0, 0.05) is 43.8 Å². The zero-order valence-corrected chi connectivity index (χ0v) is 23.2. The molecule has 0 saturated heterocycles. The van der Waals surface area contributed by atoms with E-state index in [0.717, 1.165) is 18.4 Å². The summed E-state index contributed by atoms with van der Waals surface area (Å²) < 4.78 is 26.7. The number of aliphatic hydroxyl groups excluding tert-OH is 1. The number of aromatic nitrogens is 2. The van der Waals surface area contributed by atoms with Gasteiger partial charge in [-0.15, -0.1) is 0 Å². The van der Waals surface area contributed by atoms with E-state index >= 15 is 0 Å². The fourth-order valence-electron chi connectivity index (χ4n) is 5.00. The van der Waals surface area contributed by atoms with Crippen LogP contribution in [-0.2, 0) is 22.9 Å². The van der Waals surface area contributed by atoms with Crippen LogP contribution in [0.1, 0.15) is 66.2 Å². The van der Waals surface area contributed by atoms with Gasteiger partial charge in [0.1, 0.15) is 5.69 Å². The lowest BCUT2D eigenvalue weighted by Crippen LogP contribution is -2.56. The van der Waals surface area contributed by atoms with E-state index < -0.39 is 31.3 Å². The van der Waals surface area contributed by atoms with Gasteiger partial charge in [-0.3, -0.25) is 9.59 Å². The van der Waals surface area contributed by atoms with Crippen molar-refractivity contribution in [2.24, 2.45) is 0 Å². The fraction of sp³-hybridized carbons (Fsp3) is 0.577. The smallest absolute Gasteiger partial charge is 0.287 e. The number of carbonyl (C=O) groups is 2. The molecule has 0 bridgehead atoms. The summed E-state index contributed by atoms with van der Waals surface area (Å²) in [6.07, 6.45) is 3.30. The number of carbonyl (C=O) groups excluding carboxylic acids is 2. The summed E-state index contributed by atoms with van der Waals surface area (Å²) in [5, 5.41) is 17.4. The van der Waals surface area contributed by atoms with Crippen LogP contribution in [0.4, 0.5) is 0 Å². The highest BCUT2D eigenvalue weighted by Crippen LogP contribution is 2.50. The Morgan fingerprint density at radius 3 is 2.55 bits per heavy atom. The number of halogens is 1. The van der Waals surface area contributed by atoms with Gasteiger partial charge < -0.3 is 25.2 Å². The van der Waals surface area contributed by atoms with Crippen molar-refractivity contribution < 1.29 is 23.1 Å². The molecule has 38 heavy (non-hydrogen) atoms. The predicted octanol–water partition coefficient (Wildman–Crippen LogP) is 1.76. The highest BCUT2D eigenvalue weighted by atomic mass is 35.5. The van der Waals surface area contributed by atoms with Crippen LogP contribution < -0.4 is 10.6 Å². The molecule has 5 rings (SSSR count). The number of imidazole rings is 1. The van der Waals surface area contributed by atoms with Crippen LogP contribution in [0, 0.1) is 0 Å². The number of fused-ring (bicyclic) bond motifs is 1. The van der Waals surface area contributed by atoms with E-state index in [1.165, 1.54) is 6.20 Å². The lowest BCUT2D eigenvalue weighted by molar-refractivity contribution is 0.0697. The topological polar surface area (TPSA) is 134 Å². The first-order valence-corrected chi connectivity index (χ1v) is 14.8. The zero-order chi connectivity index (χ0) is 27.3. The molecule has 2 aromatic rings. The predicted molar refractivity (Wildman–Crippen MR) is 143 cm³/mol. The van der Waals surface area contributed by atoms with Crippen LogP contribution in [0.3, 0.4) is 0 Å². The number of aliphatic hydroxyl groups is 1. The maximum absolute atomic E-state index is 13.8. The molecule has 206 valence electrons. The standard InChI is InChI=1S/C26H34ClN5O5S/c1-25(2,21(33)15-28-19-7-8-19)38(36,37)26(9-10-26)16-31-11-12-32-20(24(31)35)14-29-22(32)23(34)30-13-17-3-5-18(27)6-4-17/h3-6,14,19,21,28,33H,7-13,15-16H2,1-2H3,(H,30,34). The van der Waals surface area contributed by atoms with Crippen molar-refractivity contribution in [1.29, 1.82) is 0 Å². The maximum atomic E-state index is 13.8. The number of hydrogen-bond acceptors (Lipinski definition) is 7. The molecule has 2 fully saturated rings. The zero-order valence-electron chi connectivity index (χ0n) is 21.6. The summed E-state index contributed by atoms with van der Waals surface area (Å²) in [4.78, 5) is 31.9. The monoisotopic (exact) mass is 563 g/mol. The maximum Gasteiger partial charge on any atom is 0.287 e. The van der Waals surface area contributed by atoms with Crippen LogP contribution in [0.5, 0.6) is 0 Å². The Hall–Kier alpha value is -2.47. The van der Waals surface area contributed by atoms with Crippen molar-refractivity contribution in [1.82, 2.24) is 25.1 Å². The Morgan fingerprint density at radius 1 is 1.24 bits per heavy atom. The average molecular weight is 564 g/mol. The molecule has 3 N–H and O–H groups in total. The van der Waals surface area contributed by atoms with Gasteiger partial charge in [-0.2, -0.15) is 0 Å². The molecule has 1 aliphatic heterocycles. The minimum Gasteiger partial charge on any atom is -0.390 e. The van der Waals surface area contributed by atoms with Gasteiger partial charge >= 0.3 is 0 Å². The minimum atomic E-state index is -3.78. The van der Waals surface area contributed by atoms with E-state index in [0.29, 0.717) is 30.5 Å². The molecule has 3 aliphatic rings. The first kappa shape index (κ1) is 27.1. The lowest BCUT2D eigenvalue weighted by atomic mass is 10.1. The minimum absolute atomic E-state index is 0.0592. The van der Waals surface area contributed by atoms with Crippen molar-refractivity contribution >= 4 is 33.3 Å². The molecule has 10 nitrogen and oxygen atoms in total. The third-order valence-corrected chi connectivity index (χ3v) is 11.6. The van der Waals surface area contributed by atoms with E-state index in [1.54, 1.807) is 35.4 Å². The second-order valence-electron chi connectivity index (χ2n) is 11.1. The van der Waals surface area contributed by atoms with E-state index in [9.17, 15) is 23.1 Å². The molecule has 0 spiro atoms. The Labute approximate surface area is 227 Å². The average Bonchev–Trinajstić information content (AvgIpc) is 3.82. The van der Waals surface area contributed by atoms with Crippen molar-refractivity contribution in [3.05, 3.63) is 52.6 Å². The molecule has 1 aromatic heterocycles.